The van der Waals surface area contributed by atoms with Crippen LogP contribution in [-0.4, -0.2) is 41.9 Å². The van der Waals surface area contributed by atoms with E-state index in [0.717, 1.165) is 19.3 Å². The molecule has 0 N–H and O–H groups in total. The monoisotopic (exact) mass is 371 g/mol. The summed E-state index contributed by atoms with van der Waals surface area (Å²) < 4.78 is 16.1. The minimum absolute atomic E-state index is 0.0335. The van der Waals surface area contributed by atoms with Gasteiger partial charge in [-0.2, -0.15) is 0 Å². The standard InChI is InChI=1S/C18H29NO7/c1-5-24-17(21)16(19(22)23)13-9-15(20)26-18(13)25-14-8-11(4)6-7-12(14)10(2)3/h10-14,16,18H,5-9H2,1-4H3/t11-,12+,13+,14-,16?,18+/m0/s1. The number of nitrogens with zero attached hydrogens (tertiary/aromatic N) is 1. The molecule has 0 radical (unpaired) electrons. The fourth-order valence-corrected chi connectivity index (χ4v) is 4.03. The van der Waals surface area contributed by atoms with Gasteiger partial charge in [-0.1, -0.05) is 27.2 Å². The van der Waals surface area contributed by atoms with Crippen molar-refractivity contribution in [2.45, 2.75) is 71.8 Å². The molecule has 1 saturated carbocycles. The second kappa shape index (κ2) is 8.79. The van der Waals surface area contributed by atoms with Gasteiger partial charge in [-0.3, -0.25) is 14.9 Å². The molecule has 8 heteroatoms. The molecule has 26 heavy (non-hydrogen) atoms. The van der Waals surface area contributed by atoms with Crippen molar-refractivity contribution in [3.63, 3.8) is 0 Å². The number of carbonyl (C=O) groups is 2. The molecular weight excluding hydrogens is 342 g/mol. The van der Waals surface area contributed by atoms with Crippen molar-refractivity contribution >= 4 is 11.9 Å². The molecule has 1 unspecified atom stereocenters. The van der Waals surface area contributed by atoms with E-state index >= 15 is 0 Å². The maximum absolute atomic E-state index is 12.1. The molecule has 2 fully saturated rings. The molecule has 0 aromatic rings. The zero-order valence-corrected chi connectivity index (χ0v) is 15.9. The second-order valence-electron chi connectivity index (χ2n) is 7.71. The molecule has 1 saturated heterocycles. The van der Waals surface area contributed by atoms with Crippen LogP contribution in [0.4, 0.5) is 0 Å². The van der Waals surface area contributed by atoms with Crippen molar-refractivity contribution in [1.29, 1.82) is 0 Å². The van der Waals surface area contributed by atoms with Crippen LogP contribution < -0.4 is 0 Å². The smallest absolute Gasteiger partial charge is 0.382 e. The normalized spacial score (nSPS) is 33.0. The Balaban J connectivity index is 2.18. The molecule has 8 nitrogen and oxygen atoms in total. The average molecular weight is 371 g/mol. The molecule has 6 atom stereocenters. The van der Waals surface area contributed by atoms with Gasteiger partial charge >= 0.3 is 18.0 Å². The van der Waals surface area contributed by atoms with Crippen LogP contribution in [0.2, 0.25) is 0 Å². The van der Waals surface area contributed by atoms with Crippen molar-refractivity contribution < 1.29 is 28.7 Å². The first-order chi connectivity index (χ1) is 12.2. The highest BCUT2D eigenvalue weighted by Gasteiger charge is 2.52. The van der Waals surface area contributed by atoms with E-state index in [1.165, 1.54) is 0 Å². The number of cyclic esters (lactones) is 1. The van der Waals surface area contributed by atoms with Gasteiger partial charge in [-0.15, -0.1) is 0 Å². The minimum atomic E-state index is -1.66. The first-order valence-corrected chi connectivity index (χ1v) is 9.39. The Hall–Kier alpha value is -1.70. The van der Waals surface area contributed by atoms with E-state index in [2.05, 4.69) is 20.8 Å². The second-order valence-corrected chi connectivity index (χ2v) is 7.71. The Morgan fingerprint density at radius 1 is 1.35 bits per heavy atom. The number of ether oxygens (including phenoxy) is 3. The highest BCUT2D eigenvalue weighted by Crippen LogP contribution is 2.38. The topological polar surface area (TPSA) is 105 Å². The molecule has 1 heterocycles. The summed E-state index contributed by atoms with van der Waals surface area (Å²) >= 11 is 0. The lowest BCUT2D eigenvalue weighted by molar-refractivity contribution is -0.523. The van der Waals surface area contributed by atoms with Gasteiger partial charge in [0.2, 0.25) is 6.29 Å². The highest BCUT2D eigenvalue weighted by molar-refractivity contribution is 5.78. The number of nitro groups is 1. The number of hydrogen-bond donors (Lipinski definition) is 0. The average Bonchev–Trinajstić information content (AvgIpc) is 2.87. The lowest BCUT2D eigenvalue weighted by Gasteiger charge is -2.38. The van der Waals surface area contributed by atoms with Gasteiger partial charge in [0.25, 0.3) is 0 Å². The number of rotatable bonds is 7. The third kappa shape index (κ3) is 4.72. The maximum atomic E-state index is 12.1. The van der Waals surface area contributed by atoms with Crippen LogP contribution in [-0.2, 0) is 23.8 Å². The van der Waals surface area contributed by atoms with Gasteiger partial charge in [-0.25, -0.2) is 4.79 Å². The Morgan fingerprint density at radius 3 is 2.62 bits per heavy atom. The summed E-state index contributed by atoms with van der Waals surface area (Å²) in [6.45, 7) is 7.99. The van der Waals surface area contributed by atoms with E-state index < -0.39 is 35.1 Å². The van der Waals surface area contributed by atoms with Crippen LogP contribution in [0.5, 0.6) is 0 Å². The lowest BCUT2D eigenvalue weighted by atomic mass is 9.75. The van der Waals surface area contributed by atoms with Crippen LogP contribution >= 0.6 is 0 Å². The summed E-state index contributed by atoms with van der Waals surface area (Å²) in [6.07, 6.45) is 1.48. The van der Waals surface area contributed by atoms with Crippen LogP contribution in [0.25, 0.3) is 0 Å². The van der Waals surface area contributed by atoms with Gasteiger partial charge in [0.05, 0.1) is 19.1 Å². The summed E-state index contributed by atoms with van der Waals surface area (Å²) in [5.74, 6) is -1.35. The Kier molecular flexibility index (Phi) is 6.97. The SMILES string of the molecule is CCOC(=O)C([C@H]1CC(=O)O[C@H]1O[C@H]1C[C@@H](C)CC[C@@H]1C(C)C)[N+](=O)[O-]. The summed E-state index contributed by atoms with van der Waals surface area (Å²) in [5.41, 5.74) is 0. The van der Waals surface area contributed by atoms with Gasteiger partial charge in [0.1, 0.15) is 5.92 Å². The van der Waals surface area contributed by atoms with Crippen LogP contribution in [0.1, 0.15) is 53.4 Å². The minimum Gasteiger partial charge on any atom is -0.461 e. The van der Waals surface area contributed by atoms with E-state index in [1.54, 1.807) is 6.92 Å². The largest absolute Gasteiger partial charge is 0.461 e. The first kappa shape index (κ1) is 20.6. The summed E-state index contributed by atoms with van der Waals surface area (Å²) in [4.78, 5) is 34.6. The maximum Gasteiger partial charge on any atom is 0.382 e. The fraction of sp³-hybridized carbons (Fsp3) is 0.889. The van der Waals surface area contributed by atoms with E-state index in [1.807, 2.05) is 0 Å². The van der Waals surface area contributed by atoms with E-state index in [9.17, 15) is 19.7 Å². The van der Waals surface area contributed by atoms with Crippen molar-refractivity contribution in [3.8, 4) is 0 Å². The Labute approximate surface area is 153 Å². The number of carbonyl (C=O) groups excluding carboxylic acids is 2. The number of esters is 2. The van der Waals surface area contributed by atoms with E-state index in [0.29, 0.717) is 17.8 Å². The van der Waals surface area contributed by atoms with E-state index in [4.69, 9.17) is 14.2 Å². The molecule has 1 aliphatic heterocycles. The molecule has 148 valence electrons. The van der Waals surface area contributed by atoms with Crippen LogP contribution in [0, 0.1) is 33.8 Å². The summed E-state index contributed by atoms with van der Waals surface area (Å²) in [5, 5.41) is 11.5. The number of hydrogen-bond acceptors (Lipinski definition) is 7. The molecule has 1 aliphatic carbocycles. The third-order valence-electron chi connectivity index (χ3n) is 5.43. The molecule has 0 aromatic carbocycles. The Morgan fingerprint density at radius 2 is 2.04 bits per heavy atom. The van der Waals surface area contributed by atoms with Crippen LogP contribution in [0.3, 0.4) is 0 Å². The van der Waals surface area contributed by atoms with Crippen molar-refractivity contribution in [3.05, 3.63) is 10.1 Å². The highest BCUT2D eigenvalue weighted by atomic mass is 16.7. The van der Waals surface area contributed by atoms with Crippen molar-refractivity contribution in [2.75, 3.05) is 6.61 Å². The predicted molar refractivity (Wildman–Crippen MR) is 91.6 cm³/mol. The summed E-state index contributed by atoms with van der Waals surface area (Å²) in [7, 11) is 0. The predicted octanol–water partition coefficient (Wildman–Crippen LogP) is 2.56. The Bertz CT molecular complexity index is 536. The van der Waals surface area contributed by atoms with Crippen molar-refractivity contribution in [2.24, 2.45) is 23.7 Å². The van der Waals surface area contributed by atoms with Gasteiger partial charge in [0, 0.05) is 4.92 Å². The fourth-order valence-electron chi connectivity index (χ4n) is 4.03. The van der Waals surface area contributed by atoms with Crippen molar-refractivity contribution in [1.82, 2.24) is 0 Å². The molecule has 0 spiro atoms. The van der Waals surface area contributed by atoms with Gasteiger partial charge in [0.15, 0.2) is 0 Å². The molecule has 0 amide bonds. The molecule has 0 aromatic heterocycles. The quantitative estimate of drug-likeness (QED) is 0.385. The van der Waals surface area contributed by atoms with Gasteiger partial charge < -0.3 is 14.2 Å². The molecule has 0 bridgehead atoms. The molecule has 2 rings (SSSR count). The van der Waals surface area contributed by atoms with E-state index in [-0.39, 0.29) is 19.1 Å². The molecular formula is C18H29NO7. The van der Waals surface area contributed by atoms with Crippen LogP contribution in [0.15, 0.2) is 0 Å². The third-order valence-corrected chi connectivity index (χ3v) is 5.43. The lowest BCUT2D eigenvalue weighted by Crippen LogP contribution is -2.45. The zero-order chi connectivity index (χ0) is 19.4. The van der Waals surface area contributed by atoms with Gasteiger partial charge in [-0.05, 0) is 37.5 Å². The summed E-state index contributed by atoms with van der Waals surface area (Å²) in [6, 6.07) is -1.66. The zero-order valence-electron chi connectivity index (χ0n) is 15.9. The first-order valence-electron chi connectivity index (χ1n) is 9.39. The molecule has 2 aliphatic rings.